The van der Waals surface area contributed by atoms with Crippen LogP contribution in [0.1, 0.15) is 30.7 Å². The van der Waals surface area contributed by atoms with Gasteiger partial charge in [-0.3, -0.25) is 0 Å². The summed E-state index contributed by atoms with van der Waals surface area (Å²) in [4.78, 5) is 26.8. The van der Waals surface area contributed by atoms with E-state index in [1.54, 1.807) is 13.8 Å². The van der Waals surface area contributed by atoms with Crippen molar-refractivity contribution in [2.45, 2.75) is 25.5 Å². The summed E-state index contributed by atoms with van der Waals surface area (Å²) in [6, 6.07) is 4.24. The van der Waals surface area contributed by atoms with Gasteiger partial charge < -0.3 is 20.1 Å². The first-order valence-electron chi connectivity index (χ1n) is 11.2. The predicted octanol–water partition coefficient (Wildman–Crippen LogP) is 3.83. The Bertz CT molecular complexity index is 1250. The number of aliphatic imine (C=N–C) groups is 1. The van der Waals surface area contributed by atoms with Crippen LogP contribution in [-0.4, -0.2) is 57.7 Å². The largest absolute Gasteiger partial charge is 0.463 e. The van der Waals surface area contributed by atoms with Gasteiger partial charge in [-0.2, -0.15) is 0 Å². The SMILES string of the molecule is C#CCOc1cnc(/C(F)=C/c2ccc(F)c(C34CN(C(=O)OC(C)C)CC3CSC(N)=N4)c2)cn1. The van der Waals surface area contributed by atoms with Gasteiger partial charge in [0, 0.05) is 23.8 Å². The Hall–Kier alpha value is -3.65. The van der Waals surface area contributed by atoms with Crippen LogP contribution < -0.4 is 10.5 Å². The molecular weight excluding hydrogens is 488 g/mol. The average molecular weight is 514 g/mol. The second-order valence-electron chi connectivity index (χ2n) is 8.66. The molecule has 0 aliphatic carbocycles. The Morgan fingerprint density at radius 3 is 2.92 bits per heavy atom. The Balaban J connectivity index is 1.66. The van der Waals surface area contributed by atoms with Crippen LogP contribution >= 0.6 is 11.8 Å². The molecule has 1 aromatic heterocycles. The number of benzene rings is 1. The summed E-state index contributed by atoms with van der Waals surface area (Å²) in [6.07, 6.45) is 8.06. The quantitative estimate of drug-likeness (QED) is 0.586. The number of rotatable bonds is 6. The van der Waals surface area contributed by atoms with Gasteiger partial charge in [0.15, 0.2) is 17.6 Å². The van der Waals surface area contributed by atoms with Crippen LogP contribution in [0.25, 0.3) is 11.9 Å². The minimum Gasteiger partial charge on any atom is -0.463 e. The molecule has 8 nitrogen and oxygen atoms in total. The summed E-state index contributed by atoms with van der Waals surface area (Å²) >= 11 is 1.36. The zero-order valence-electron chi connectivity index (χ0n) is 19.8. The highest BCUT2D eigenvalue weighted by molar-refractivity contribution is 8.13. The van der Waals surface area contributed by atoms with Crippen molar-refractivity contribution in [2.24, 2.45) is 16.6 Å². The van der Waals surface area contributed by atoms with Gasteiger partial charge in [0.25, 0.3) is 0 Å². The van der Waals surface area contributed by atoms with E-state index in [1.807, 2.05) is 0 Å². The minimum absolute atomic E-state index is 0.0194. The number of ether oxygens (including phenoxy) is 2. The third-order valence-electron chi connectivity index (χ3n) is 5.81. The van der Waals surface area contributed by atoms with Crippen molar-refractivity contribution in [1.29, 1.82) is 0 Å². The summed E-state index contributed by atoms with van der Waals surface area (Å²) in [7, 11) is 0. The number of fused-ring (bicyclic) bond motifs is 1. The lowest BCUT2D eigenvalue weighted by molar-refractivity contribution is 0.0816. The minimum atomic E-state index is -1.11. The molecule has 0 bridgehead atoms. The van der Waals surface area contributed by atoms with E-state index in [-0.39, 0.29) is 42.3 Å². The molecule has 11 heteroatoms. The second-order valence-corrected chi connectivity index (χ2v) is 9.70. The Morgan fingerprint density at radius 1 is 1.42 bits per heavy atom. The number of likely N-dealkylation sites (tertiary alicyclic amines) is 1. The molecule has 188 valence electrons. The van der Waals surface area contributed by atoms with Crippen LogP contribution in [0.15, 0.2) is 35.6 Å². The van der Waals surface area contributed by atoms with Gasteiger partial charge in [-0.25, -0.2) is 28.5 Å². The summed E-state index contributed by atoms with van der Waals surface area (Å²) in [5, 5.41) is 0.305. The summed E-state index contributed by atoms with van der Waals surface area (Å²) < 4.78 is 40.7. The first-order valence-corrected chi connectivity index (χ1v) is 12.2. The highest BCUT2D eigenvalue weighted by Crippen LogP contribution is 2.46. The monoisotopic (exact) mass is 513 g/mol. The maximum Gasteiger partial charge on any atom is 0.410 e. The van der Waals surface area contributed by atoms with Gasteiger partial charge in [0.05, 0.1) is 25.0 Å². The van der Waals surface area contributed by atoms with Crippen LogP contribution in [0.2, 0.25) is 0 Å². The molecule has 0 radical (unpaired) electrons. The number of thioether (sulfide) groups is 1. The molecule has 2 atom stereocenters. The zero-order chi connectivity index (χ0) is 25.9. The van der Waals surface area contributed by atoms with Gasteiger partial charge in [0.1, 0.15) is 17.1 Å². The molecule has 2 aliphatic rings. The molecule has 0 spiro atoms. The number of amides is 1. The van der Waals surface area contributed by atoms with Crippen molar-refractivity contribution in [2.75, 3.05) is 25.4 Å². The molecule has 2 N–H and O–H groups in total. The smallest absolute Gasteiger partial charge is 0.410 e. The van der Waals surface area contributed by atoms with Crippen molar-refractivity contribution in [3.05, 3.63) is 53.2 Å². The van der Waals surface area contributed by atoms with Crippen molar-refractivity contribution < 1.29 is 23.0 Å². The van der Waals surface area contributed by atoms with Gasteiger partial charge in [-0.1, -0.05) is 23.7 Å². The summed E-state index contributed by atoms with van der Waals surface area (Å²) in [5.74, 6) is 1.64. The Labute approximate surface area is 212 Å². The van der Waals surface area contributed by atoms with E-state index in [0.29, 0.717) is 23.0 Å². The van der Waals surface area contributed by atoms with E-state index >= 15 is 4.39 Å². The molecule has 1 fully saturated rings. The van der Waals surface area contributed by atoms with Crippen LogP contribution in [0.4, 0.5) is 13.6 Å². The first-order chi connectivity index (χ1) is 17.2. The van der Waals surface area contributed by atoms with Crippen molar-refractivity contribution in [3.8, 4) is 18.2 Å². The Morgan fingerprint density at radius 2 is 2.22 bits per heavy atom. The molecule has 3 heterocycles. The number of carbonyl (C=O) groups is 1. The molecular formula is C25H25F2N5O3S. The van der Waals surface area contributed by atoms with E-state index < -0.39 is 23.3 Å². The number of hydrogen-bond acceptors (Lipinski definition) is 8. The molecule has 2 aromatic rings. The third-order valence-corrected chi connectivity index (χ3v) is 6.77. The van der Waals surface area contributed by atoms with Crippen LogP contribution in [0, 0.1) is 24.1 Å². The van der Waals surface area contributed by atoms with E-state index in [4.69, 9.17) is 21.6 Å². The van der Waals surface area contributed by atoms with Crippen molar-refractivity contribution >= 4 is 34.9 Å². The lowest BCUT2D eigenvalue weighted by atomic mass is 9.81. The first kappa shape index (κ1) is 25.4. The number of terminal acetylenes is 1. The lowest BCUT2D eigenvalue weighted by Gasteiger charge is -2.35. The molecule has 36 heavy (non-hydrogen) atoms. The second kappa shape index (κ2) is 10.5. The Kier molecular flexibility index (Phi) is 7.45. The fourth-order valence-corrected chi connectivity index (χ4v) is 5.21. The third kappa shape index (κ3) is 5.28. The fraction of sp³-hybridized carbons (Fsp3) is 0.360. The van der Waals surface area contributed by atoms with E-state index in [0.717, 1.165) is 0 Å². The van der Waals surface area contributed by atoms with Crippen LogP contribution in [-0.2, 0) is 10.3 Å². The van der Waals surface area contributed by atoms with Gasteiger partial charge in [0.2, 0.25) is 5.88 Å². The number of carbonyl (C=O) groups excluding carboxylic acids is 1. The number of amidine groups is 1. The highest BCUT2D eigenvalue weighted by atomic mass is 32.2. The molecule has 2 unspecified atom stereocenters. The van der Waals surface area contributed by atoms with Crippen LogP contribution in [0.3, 0.4) is 0 Å². The number of halogens is 2. The van der Waals surface area contributed by atoms with E-state index in [2.05, 4.69) is 20.9 Å². The van der Waals surface area contributed by atoms with Gasteiger partial charge in [-0.05, 0) is 37.6 Å². The summed E-state index contributed by atoms with van der Waals surface area (Å²) in [6.45, 7) is 3.98. The van der Waals surface area contributed by atoms with Gasteiger partial charge in [-0.15, -0.1) is 6.42 Å². The fourth-order valence-electron chi connectivity index (χ4n) is 4.23. The number of hydrogen-bond donors (Lipinski definition) is 1. The maximum absolute atomic E-state index is 15.2. The van der Waals surface area contributed by atoms with Gasteiger partial charge >= 0.3 is 6.09 Å². The average Bonchev–Trinajstić information content (AvgIpc) is 3.23. The summed E-state index contributed by atoms with van der Waals surface area (Å²) in [5.41, 5.74) is 5.55. The standard InChI is InChI=1S/C25H25F2N5O3S/c1-4-7-34-22-11-29-21(10-30-22)20(27)9-16-5-6-19(26)18(8-16)25-14-32(24(33)35-15(2)3)12-17(25)13-36-23(28)31-25/h1,5-6,8-11,15,17H,7,12-14H2,2-3H3,(H2,28,31)/b20-9-. The predicted molar refractivity (Wildman–Crippen MR) is 134 cm³/mol. The zero-order valence-corrected chi connectivity index (χ0v) is 20.6. The van der Waals surface area contributed by atoms with Crippen molar-refractivity contribution in [1.82, 2.24) is 14.9 Å². The number of nitrogens with zero attached hydrogens (tertiary/aromatic N) is 4. The molecule has 1 aromatic carbocycles. The van der Waals surface area contributed by atoms with Crippen molar-refractivity contribution in [3.63, 3.8) is 0 Å². The van der Waals surface area contributed by atoms with E-state index in [9.17, 15) is 9.18 Å². The molecule has 2 aliphatic heterocycles. The number of aromatic nitrogens is 2. The van der Waals surface area contributed by atoms with E-state index in [1.165, 1.54) is 53.3 Å². The molecule has 1 amide bonds. The van der Waals surface area contributed by atoms with Crippen LogP contribution in [0.5, 0.6) is 5.88 Å². The molecule has 4 rings (SSSR count). The molecule has 0 saturated carbocycles. The lowest BCUT2D eigenvalue weighted by Crippen LogP contribution is -2.41. The molecule has 1 saturated heterocycles. The maximum atomic E-state index is 15.2. The number of nitrogens with two attached hydrogens (primary N) is 1. The normalized spacial score (nSPS) is 21.6. The highest BCUT2D eigenvalue weighted by Gasteiger charge is 2.53. The topological polar surface area (TPSA) is 103 Å².